The van der Waals surface area contributed by atoms with E-state index in [0.29, 0.717) is 6.54 Å². The lowest BCUT2D eigenvalue weighted by Crippen LogP contribution is -2.29. The van der Waals surface area contributed by atoms with E-state index in [1.165, 1.54) is 0 Å². The predicted octanol–water partition coefficient (Wildman–Crippen LogP) is 3.67. The van der Waals surface area contributed by atoms with E-state index in [1.807, 2.05) is 48.5 Å². The molecule has 0 aliphatic rings. The van der Waals surface area contributed by atoms with Gasteiger partial charge in [0.2, 0.25) is 0 Å². The first-order valence-electron chi connectivity index (χ1n) is 7.15. The van der Waals surface area contributed by atoms with Gasteiger partial charge in [0.25, 0.3) is 0 Å². The van der Waals surface area contributed by atoms with E-state index in [0.717, 1.165) is 22.6 Å². The van der Waals surface area contributed by atoms with Gasteiger partial charge in [-0.05, 0) is 31.5 Å². The van der Waals surface area contributed by atoms with E-state index in [2.05, 4.69) is 5.32 Å². The fourth-order valence-electron chi connectivity index (χ4n) is 2.34. The Morgan fingerprint density at radius 2 is 1.77 bits per heavy atom. The minimum absolute atomic E-state index is 0.566. The van der Waals surface area contributed by atoms with E-state index in [9.17, 15) is 9.90 Å². The second kappa shape index (κ2) is 6.52. The van der Waals surface area contributed by atoms with Crippen LogP contribution in [0.4, 0.5) is 5.69 Å². The third-order valence-electron chi connectivity index (χ3n) is 3.80. The number of carbonyl (C=O) groups is 1. The minimum atomic E-state index is -0.954. The summed E-state index contributed by atoms with van der Waals surface area (Å²) in [6.07, 6.45) is 0. The molecule has 116 valence electrons. The quantitative estimate of drug-likeness (QED) is 0.854. The summed E-state index contributed by atoms with van der Waals surface area (Å²) >= 11 is 0. The first-order chi connectivity index (χ1) is 10.5. The van der Waals surface area contributed by atoms with Crippen LogP contribution >= 0.6 is 0 Å². The van der Waals surface area contributed by atoms with Crippen LogP contribution in [0.15, 0.2) is 48.5 Å². The Morgan fingerprint density at radius 1 is 1.14 bits per heavy atom. The van der Waals surface area contributed by atoms with Crippen LogP contribution < -0.4 is 10.1 Å². The van der Waals surface area contributed by atoms with Crippen molar-refractivity contribution in [3.05, 3.63) is 59.7 Å². The molecule has 2 aromatic rings. The van der Waals surface area contributed by atoms with E-state index >= 15 is 0 Å². The van der Waals surface area contributed by atoms with Crippen LogP contribution in [-0.4, -0.2) is 18.2 Å². The Kier molecular flexibility index (Phi) is 4.71. The summed E-state index contributed by atoms with van der Waals surface area (Å²) in [5.41, 5.74) is 1.65. The van der Waals surface area contributed by atoms with Gasteiger partial charge < -0.3 is 15.2 Å². The third-order valence-corrected chi connectivity index (χ3v) is 3.80. The highest BCUT2D eigenvalue weighted by atomic mass is 16.5. The molecule has 0 amide bonds. The van der Waals surface area contributed by atoms with Crippen LogP contribution in [0.2, 0.25) is 0 Å². The monoisotopic (exact) mass is 299 g/mol. The smallest absolute Gasteiger partial charge is 0.313 e. The molecule has 0 atom stereocenters. The van der Waals surface area contributed by atoms with Crippen molar-refractivity contribution in [2.45, 2.75) is 25.8 Å². The molecule has 0 unspecified atom stereocenters. The molecule has 4 nitrogen and oxygen atoms in total. The van der Waals surface area contributed by atoms with Crippen LogP contribution in [0.1, 0.15) is 25.0 Å². The Hall–Kier alpha value is -2.49. The second-order valence-corrected chi connectivity index (χ2v) is 5.64. The van der Waals surface area contributed by atoms with Gasteiger partial charge in [0, 0.05) is 17.8 Å². The van der Waals surface area contributed by atoms with Crippen molar-refractivity contribution in [1.29, 1.82) is 0 Å². The number of carboxylic acid groups (broad SMARTS) is 1. The van der Waals surface area contributed by atoms with Gasteiger partial charge in [-0.3, -0.25) is 4.79 Å². The number of hydrogen-bond acceptors (Lipinski definition) is 3. The van der Waals surface area contributed by atoms with Gasteiger partial charge in [-0.15, -0.1) is 0 Å². The SMILES string of the molecule is COc1ccccc1CNc1ccccc1C(C)(C)C(=O)O. The number of aliphatic carboxylic acids is 1. The van der Waals surface area contributed by atoms with Crippen LogP contribution in [0, 0.1) is 0 Å². The van der Waals surface area contributed by atoms with Crippen molar-refractivity contribution in [3.8, 4) is 5.75 Å². The summed E-state index contributed by atoms with van der Waals surface area (Å²) in [4.78, 5) is 11.5. The summed E-state index contributed by atoms with van der Waals surface area (Å²) in [6, 6.07) is 15.3. The molecule has 0 heterocycles. The molecule has 22 heavy (non-hydrogen) atoms. The molecule has 0 aliphatic heterocycles. The standard InChI is InChI=1S/C18H21NO3/c1-18(2,17(20)21)14-9-5-6-10-15(14)19-12-13-8-4-7-11-16(13)22-3/h4-11,19H,12H2,1-3H3,(H,20,21). The average molecular weight is 299 g/mol. The molecule has 4 heteroatoms. The van der Waals surface area contributed by atoms with Gasteiger partial charge in [0.15, 0.2) is 0 Å². The number of methoxy groups -OCH3 is 1. The number of para-hydroxylation sites is 2. The molecule has 0 bridgehead atoms. The number of carboxylic acids is 1. The van der Waals surface area contributed by atoms with Gasteiger partial charge in [-0.1, -0.05) is 36.4 Å². The molecular weight excluding hydrogens is 278 g/mol. The number of nitrogens with one attached hydrogen (secondary N) is 1. The summed E-state index contributed by atoms with van der Waals surface area (Å²) in [5, 5.41) is 12.8. The van der Waals surface area contributed by atoms with Crippen molar-refractivity contribution in [2.75, 3.05) is 12.4 Å². The van der Waals surface area contributed by atoms with Crippen LogP contribution in [0.3, 0.4) is 0 Å². The van der Waals surface area contributed by atoms with E-state index < -0.39 is 11.4 Å². The lowest BCUT2D eigenvalue weighted by atomic mass is 9.83. The first kappa shape index (κ1) is 15.9. The summed E-state index contributed by atoms with van der Waals surface area (Å²) in [5.74, 6) is -0.0379. The van der Waals surface area contributed by atoms with Gasteiger partial charge in [-0.2, -0.15) is 0 Å². The highest BCUT2D eigenvalue weighted by molar-refractivity contribution is 5.83. The largest absolute Gasteiger partial charge is 0.496 e. The molecule has 2 N–H and O–H groups in total. The molecule has 0 radical (unpaired) electrons. The van der Waals surface area contributed by atoms with Gasteiger partial charge >= 0.3 is 5.97 Å². The molecule has 2 aromatic carbocycles. The Labute approximate surface area is 130 Å². The minimum Gasteiger partial charge on any atom is -0.496 e. The summed E-state index contributed by atoms with van der Waals surface area (Å²) in [6.45, 7) is 3.98. The molecule has 0 aromatic heterocycles. The van der Waals surface area contributed by atoms with Crippen LogP contribution in [-0.2, 0) is 16.8 Å². The molecule has 0 saturated carbocycles. The van der Waals surface area contributed by atoms with Crippen molar-refractivity contribution in [1.82, 2.24) is 0 Å². The van der Waals surface area contributed by atoms with Crippen molar-refractivity contribution in [2.24, 2.45) is 0 Å². The summed E-state index contributed by atoms with van der Waals surface area (Å²) in [7, 11) is 1.64. The predicted molar refractivity (Wildman–Crippen MR) is 87.4 cm³/mol. The molecule has 0 saturated heterocycles. The number of hydrogen-bond donors (Lipinski definition) is 2. The van der Waals surface area contributed by atoms with Crippen molar-refractivity contribution >= 4 is 11.7 Å². The molecular formula is C18H21NO3. The molecule has 0 fully saturated rings. The van der Waals surface area contributed by atoms with E-state index in [-0.39, 0.29) is 0 Å². The highest BCUT2D eigenvalue weighted by Gasteiger charge is 2.31. The maximum atomic E-state index is 11.5. The topological polar surface area (TPSA) is 58.6 Å². The highest BCUT2D eigenvalue weighted by Crippen LogP contribution is 2.31. The maximum Gasteiger partial charge on any atom is 0.313 e. The molecule has 2 rings (SSSR count). The zero-order valence-corrected chi connectivity index (χ0v) is 13.1. The Bertz CT molecular complexity index is 665. The normalized spacial score (nSPS) is 11.0. The molecule has 0 spiro atoms. The lowest BCUT2D eigenvalue weighted by molar-refractivity contribution is -0.142. The Morgan fingerprint density at radius 3 is 2.45 bits per heavy atom. The van der Waals surface area contributed by atoms with Gasteiger partial charge in [0.1, 0.15) is 5.75 Å². The average Bonchev–Trinajstić information content (AvgIpc) is 2.53. The van der Waals surface area contributed by atoms with E-state index in [4.69, 9.17) is 4.74 Å². The van der Waals surface area contributed by atoms with Gasteiger partial charge in [-0.25, -0.2) is 0 Å². The second-order valence-electron chi connectivity index (χ2n) is 5.64. The fourth-order valence-corrected chi connectivity index (χ4v) is 2.34. The summed E-state index contributed by atoms with van der Waals surface area (Å²) < 4.78 is 5.34. The van der Waals surface area contributed by atoms with Gasteiger partial charge in [0.05, 0.1) is 12.5 Å². The Balaban J connectivity index is 2.26. The number of benzene rings is 2. The zero-order chi connectivity index (χ0) is 16.2. The zero-order valence-electron chi connectivity index (χ0n) is 13.1. The maximum absolute atomic E-state index is 11.5. The fraction of sp³-hybridized carbons (Fsp3) is 0.278. The van der Waals surface area contributed by atoms with Crippen molar-refractivity contribution < 1.29 is 14.6 Å². The van der Waals surface area contributed by atoms with Crippen LogP contribution in [0.25, 0.3) is 0 Å². The molecule has 0 aliphatic carbocycles. The van der Waals surface area contributed by atoms with Crippen molar-refractivity contribution in [3.63, 3.8) is 0 Å². The number of rotatable bonds is 6. The van der Waals surface area contributed by atoms with Crippen LogP contribution in [0.5, 0.6) is 5.75 Å². The lowest BCUT2D eigenvalue weighted by Gasteiger charge is -2.23. The third kappa shape index (κ3) is 3.22. The van der Waals surface area contributed by atoms with E-state index in [1.54, 1.807) is 21.0 Å². The first-order valence-corrected chi connectivity index (χ1v) is 7.15. The number of ether oxygens (including phenoxy) is 1. The number of anilines is 1.